The molecule has 0 aromatic carbocycles. The number of amides is 2. The average Bonchev–Trinajstić information content (AvgIpc) is 3.08. The molecule has 1 fully saturated rings. The number of pyridine rings is 1. The van der Waals surface area contributed by atoms with Gasteiger partial charge in [0.05, 0.1) is 6.04 Å². The van der Waals surface area contributed by atoms with Crippen LogP contribution in [-0.2, 0) is 16.0 Å². The number of likely N-dealkylation sites (tertiary alicyclic amines) is 1. The highest BCUT2D eigenvalue weighted by Gasteiger charge is 2.38. The highest BCUT2D eigenvalue weighted by Crippen LogP contribution is 2.35. The van der Waals surface area contributed by atoms with Crippen molar-refractivity contribution < 1.29 is 24.2 Å². The molecule has 8 heteroatoms. The highest BCUT2D eigenvalue weighted by molar-refractivity contribution is 5.75. The smallest absolute Gasteiger partial charge is 0.410 e. The van der Waals surface area contributed by atoms with Crippen LogP contribution in [0.25, 0.3) is 0 Å². The molecule has 0 spiro atoms. The van der Waals surface area contributed by atoms with Crippen molar-refractivity contribution in [2.45, 2.75) is 71.6 Å². The third-order valence-electron chi connectivity index (χ3n) is 4.63. The summed E-state index contributed by atoms with van der Waals surface area (Å²) >= 11 is 0. The second kappa shape index (κ2) is 9.43. The van der Waals surface area contributed by atoms with Crippen LogP contribution in [0.15, 0.2) is 12.3 Å². The molecule has 8 nitrogen and oxygen atoms in total. The lowest BCUT2D eigenvalue weighted by atomic mass is 9.92. The van der Waals surface area contributed by atoms with E-state index < -0.39 is 29.7 Å². The van der Waals surface area contributed by atoms with Crippen molar-refractivity contribution in [1.82, 2.24) is 9.88 Å². The van der Waals surface area contributed by atoms with Gasteiger partial charge in [-0.3, -0.25) is 4.79 Å². The summed E-state index contributed by atoms with van der Waals surface area (Å²) in [6.45, 7) is 9.79. The largest absolute Gasteiger partial charge is 0.467 e. The fraction of sp³-hybridized carbons (Fsp3) is 0.667. The minimum Gasteiger partial charge on any atom is -0.467 e. The fourth-order valence-corrected chi connectivity index (χ4v) is 3.52. The van der Waals surface area contributed by atoms with E-state index in [1.54, 1.807) is 11.0 Å². The Morgan fingerprint density at radius 3 is 2.66 bits per heavy atom. The highest BCUT2D eigenvalue weighted by atomic mass is 16.6. The average molecular weight is 408 g/mol. The molecule has 0 bridgehead atoms. The van der Waals surface area contributed by atoms with E-state index in [-0.39, 0.29) is 18.4 Å². The summed E-state index contributed by atoms with van der Waals surface area (Å²) in [5, 5.41) is 11.2. The van der Waals surface area contributed by atoms with E-state index in [2.05, 4.69) is 4.98 Å². The van der Waals surface area contributed by atoms with Gasteiger partial charge in [-0.15, -0.1) is 0 Å². The minimum atomic E-state index is -0.919. The Kier molecular flexibility index (Phi) is 7.46. The molecule has 1 saturated heterocycles. The number of aliphatic hydroxyl groups is 1. The topological polar surface area (TPSA) is 115 Å². The minimum absolute atomic E-state index is 0.270. The lowest BCUT2D eigenvalue weighted by Gasteiger charge is -2.32. The lowest BCUT2D eigenvalue weighted by molar-refractivity contribution is -0.120. The summed E-state index contributed by atoms with van der Waals surface area (Å²) in [6, 6.07) is 1.34. The quantitative estimate of drug-likeness (QED) is 0.718. The Bertz CT molecular complexity index is 730. The molecular formula is C21H33N3O5. The maximum absolute atomic E-state index is 12.6. The number of carbonyl (C=O) groups excluding carboxylic acids is 2. The second-order valence-corrected chi connectivity index (χ2v) is 8.86. The van der Waals surface area contributed by atoms with Gasteiger partial charge in [0.15, 0.2) is 6.61 Å². The van der Waals surface area contributed by atoms with Gasteiger partial charge in [-0.05, 0) is 57.6 Å². The third-order valence-corrected chi connectivity index (χ3v) is 4.63. The number of primary amides is 1. The van der Waals surface area contributed by atoms with Crippen molar-refractivity contribution >= 4 is 12.0 Å². The molecule has 2 rings (SSSR count). The zero-order valence-corrected chi connectivity index (χ0v) is 18.0. The van der Waals surface area contributed by atoms with E-state index in [1.165, 1.54) is 6.20 Å². The summed E-state index contributed by atoms with van der Waals surface area (Å²) in [7, 11) is 0. The maximum atomic E-state index is 12.6. The summed E-state index contributed by atoms with van der Waals surface area (Å²) in [5.41, 5.74) is 5.96. The number of aromatic nitrogens is 1. The van der Waals surface area contributed by atoms with Crippen molar-refractivity contribution in [2.24, 2.45) is 11.7 Å². The Hall–Kier alpha value is -2.35. The van der Waals surface area contributed by atoms with Gasteiger partial charge in [0.2, 0.25) is 5.88 Å². The van der Waals surface area contributed by atoms with Crippen LogP contribution >= 0.6 is 0 Å². The molecule has 2 atom stereocenters. The molecule has 2 heterocycles. The molecule has 29 heavy (non-hydrogen) atoms. The molecule has 162 valence electrons. The van der Waals surface area contributed by atoms with E-state index in [4.69, 9.17) is 15.2 Å². The van der Waals surface area contributed by atoms with E-state index in [0.29, 0.717) is 24.9 Å². The number of ether oxygens (including phenoxy) is 2. The Morgan fingerprint density at radius 2 is 2.07 bits per heavy atom. The number of nitrogens with zero attached hydrogens (tertiary/aromatic N) is 2. The molecule has 2 amide bonds. The van der Waals surface area contributed by atoms with E-state index in [9.17, 15) is 14.7 Å². The van der Waals surface area contributed by atoms with Gasteiger partial charge in [-0.1, -0.05) is 13.8 Å². The van der Waals surface area contributed by atoms with Gasteiger partial charge in [0.25, 0.3) is 5.91 Å². The van der Waals surface area contributed by atoms with Gasteiger partial charge in [-0.25, -0.2) is 9.78 Å². The number of nitrogens with two attached hydrogens (primary N) is 1. The molecular weight excluding hydrogens is 374 g/mol. The number of hydrogen-bond acceptors (Lipinski definition) is 6. The van der Waals surface area contributed by atoms with E-state index in [1.807, 2.05) is 34.6 Å². The summed E-state index contributed by atoms with van der Waals surface area (Å²) in [6.07, 6.45) is 2.25. The van der Waals surface area contributed by atoms with E-state index in [0.717, 1.165) is 12.0 Å². The van der Waals surface area contributed by atoms with Crippen LogP contribution in [0.4, 0.5) is 4.79 Å². The SMILES string of the molecule is CC(C)Cc1c([C@H](O)[C@@H]2CCCN2C(=O)OC(C)(C)C)ccnc1OCC(N)=O. The first-order valence-electron chi connectivity index (χ1n) is 10.1. The fourth-order valence-electron chi connectivity index (χ4n) is 3.52. The summed E-state index contributed by atoms with van der Waals surface area (Å²) in [4.78, 5) is 29.6. The third kappa shape index (κ3) is 6.32. The van der Waals surface area contributed by atoms with Crippen LogP contribution in [0.1, 0.15) is 64.7 Å². The van der Waals surface area contributed by atoms with Gasteiger partial charge >= 0.3 is 6.09 Å². The molecule has 3 N–H and O–H groups in total. The van der Waals surface area contributed by atoms with Crippen LogP contribution in [-0.4, -0.2) is 51.8 Å². The van der Waals surface area contributed by atoms with Gasteiger partial charge in [0.1, 0.15) is 11.7 Å². The predicted molar refractivity (Wildman–Crippen MR) is 108 cm³/mol. The summed E-state index contributed by atoms with van der Waals surface area (Å²) in [5.74, 6) is -0.0392. The standard InChI is InChI=1S/C21H33N3O5/c1-13(2)11-15-14(8-9-23-19(15)28-12-17(22)25)18(26)16-7-6-10-24(16)20(27)29-21(3,4)5/h8-9,13,16,18,26H,6-7,10-12H2,1-5H3,(H2,22,25)/t16-,18-/m0/s1. The molecule has 1 aromatic heterocycles. The van der Waals surface area contributed by atoms with Crippen LogP contribution in [0, 0.1) is 5.92 Å². The number of carbonyl (C=O) groups is 2. The zero-order chi connectivity index (χ0) is 21.8. The number of rotatable bonds is 7. The van der Waals surface area contributed by atoms with Crippen LogP contribution in [0.2, 0.25) is 0 Å². The molecule has 0 saturated carbocycles. The van der Waals surface area contributed by atoms with Gasteiger partial charge in [-0.2, -0.15) is 0 Å². The first kappa shape index (κ1) is 22.9. The first-order valence-corrected chi connectivity index (χ1v) is 10.1. The van der Waals surface area contributed by atoms with Crippen LogP contribution in [0.5, 0.6) is 5.88 Å². The monoisotopic (exact) mass is 407 g/mol. The molecule has 0 aliphatic carbocycles. The summed E-state index contributed by atoms with van der Waals surface area (Å²) < 4.78 is 11.0. The maximum Gasteiger partial charge on any atom is 0.410 e. The number of hydrogen-bond donors (Lipinski definition) is 2. The first-order chi connectivity index (χ1) is 13.5. The van der Waals surface area contributed by atoms with Crippen molar-refractivity contribution in [3.63, 3.8) is 0 Å². The second-order valence-electron chi connectivity index (χ2n) is 8.86. The van der Waals surface area contributed by atoms with Crippen LogP contribution < -0.4 is 10.5 Å². The van der Waals surface area contributed by atoms with Crippen LogP contribution in [0.3, 0.4) is 0 Å². The van der Waals surface area contributed by atoms with Crippen molar-refractivity contribution in [1.29, 1.82) is 0 Å². The molecule has 1 aromatic rings. The zero-order valence-electron chi connectivity index (χ0n) is 18.0. The molecule has 1 aliphatic rings. The molecule has 1 aliphatic heterocycles. The van der Waals surface area contributed by atoms with Crippen molar-refractivity contribution in [2.75, 3.05) is 13.2 Å². The number of aliphatic hydroxyl groups excluding tert-OH is 1. The normalized spacial score (nSPS) is 18.0. The van der Waals surface area contributed by atoms with Gasteiger partial charge < -0.3 is 25.2 Å². The molecule has 0 radical (unpaired) electrons. The Labute approximate surface area is 172 Å². The lowest BCUT2D eigenvalue weighted by Crippen LogP contribution is -2.42. The Balaban J connectivity index is 2.32. The molecule has 0 unspecified atom stereocenters. The van der Waals surface area contributed by atoms with Crippen molar-refractivity contribution in [3.05, 3.63) is 23.4 Å². The Morgan fingerprint density at radius 1 is 1.38 bits per heavy atom. The predicted octanol–water partition coefficient (Wildman–Crippen LogP) is 2.58. The van der Waals surface area contributed by atoms with Crippen molar-refractivity contribution in [3.8, 4) is 5.88 Å². The van der Waals surface area contributed by atoms with E-state index >= 15 is 0 Å². The van der Waals surface area contributed by atoms with Gasteiger partial charge in [0, 0.05) is 18.3 Å².